The van der Waals surface area contributed by atoms with Gasteiger partial charge in [0.15, 0.2) is 0 Å². The molecule has 0 aliphatic carbocycles. The second-order valence-corrected chi connectivity index (χ2v) is 6.09. The molecule has 20 heavy (non-hydrogen) atoms. The van der Waals surface area contributed by atoms with Crippen LogP contribution in [0.15, 0.2) is 24.3 Å². The number of benzene rings is 1. The monoisotopic (exact) mass is 296 g/mol. The fourth-order valence-electron chi connectivity index (χ4n) is 1.55. The normalized spacial score (nSPS) is 11.2. The lowest BCUT2D eigenvalue weighted by Gasteiger charge is -2.17. The summed E-state index contributed by atoms with van der Waals surface area (Å²) < 4.78 is 27.2. The number of nitrogens with zero attached hydrogens (tertiary/aromatic N) is 1. The van der Waals surface area contributed by atoms with Crippen molar-refractivity contribution >= 4 is 10.2 Å². The highest BCUT2D eigenvalue weighted by Gasteiger charge is 2.15. The minimum atomic E-state index is -3.41. The molecule has 0 saturated carbocycles. The predicted molar refractivity (Wildman–Crippen MR) is 79.1 cm³/mol. The third-order valence-corrected chi connectivity index (χ3v) is 4.17. The Balaban J connectivity index is 2.69. The van der Waals surface area contributed by atoms with Gasteiger partial charge in [0, 0.05) is 32.1 Å². The number of rotatable bonds is 6. The van der Waals surface area contributed by atoms with Crippen molar-refractivity contribution in [2.45, 2.75) is 19.9 Å². The fourth-order valence-corrected chi connectivity index (χ4v) is 2.45. The fraction of sp³-hybridized carbons (Fsp3) is 0.429. The minimum Gasteiger partial charge on any atom is -0.395 e. The third-order valence-electron chi connectivity index (χ3n) is 2.57. The topological polar surface area (TPSA) is 69.6 Å². The van der Waals surface area contributed by atoms with Crippen LogP contribution in [0, 0.1) is 11.8 Å². The SMILES string of the molecule is CCNS(=O)(=O)N(C)Cc1ccc(C#CCCO)cc1. The molecular formula is C14H20N2O3S. The molecule has 0 fully saturated rings. The van der Waals surface area contributed by atoms with E-state index in [-0.39, 0.29) is 6.61 Å². The molecule has 0 aliphatic heterocycles. The van der Waals surface area contributed by atoms with E-state index in [9.17, 15) is 8.42 Å². The summed E-state index contributed by atoms with van der Waals surface area (Å²) in [6.45, 7) is 2.47. The van der Waals surface area contributed by atoms with Crippen molar-refractivity contribution in [3.8, 4) is 11.8 Å². The van der Waals surface area contributed by atoms with Crippen molar-refractivity contribution in [1.82, 2.24) is 9.03 Å². The quantitative estimate of drug-likeness (QED) is 0.760. The molecule has 0 aliphatic rings. The van der Waals surface area contributed by atoms with Gasteiger partial charge < -0.3 is 5.11 Å². The van der Waals surface area contributed by atoms with Crippen LogP contribution in [0.2, 0.25) is 0 Å². The molecule has 1 aromatic carbocycles. The molecule has 0 amide bonds. The molecule has 2 N–H and O–H groups in total. The van der Waals surface area contributed by atoms with Crippen LogP contribution < -0.4 is 4.72 Å². The molecule has 0 saturated heterocycles. The lowest BCUT2D eigenvalue weighted by atomic mass is 10.1. The molecule has 110 valence electrons. The van der Waals surface area contributed by atoms with Gasteiger partial charge in [-0.15, -0.1) is 0 Å². The third kappa shape index (κ3) is 5.31. The molecule has 1 aromatic rings. The second-order valence-electron chi connectivity index (χ2n) is 4.23. The summed E-state index contributed by atoms with van der Waals surface area (Å²) in [6.07, 6.45) is 0.450. The Morgan fingerprint density at radius 2 is 1.95 bits per heavy atom. The van der Waals surface area contributed by atoms with E-state index in [1.807, 2.05) is 24.3 Å². The number of hydrogen-bond acceptors (Lipinski definition) is 3. The van der Waals surface area contributed by atoms with Crippen LogP contribution in [-0.4, -0.2) is 38.0 Å². The summed E-state index contributed by atoms with van der Waals surface area (Å²) in [7, 11) is -1.87. The highest BCUT2D eigenvalue weighted by Crippen LogP contribution is 2.08. The van der Waals surface area contributed by atoms with E-state index in [1.54, 1.807) is 6.92 Å². The van der Waals surface area contributed by atoms with Crippen molar-refractivity contribution in [2.75, 3.05) is 20.2 Å². The molecule has 0 heterocycles. The van der Waals surface area contributed by atoms with Gasteiger partial charge >= 0.3 is 0 Å². The largest absolute Gasteiger partial charge is 0.395 e. The molecule has 0 bridgehead atoms. The Morgan fingerprint density at radius 1 is 1.30 bits per heavy atom. The smallest absolute Gasteiger partial charge is 0.279 e. The van der Waals surface area contributed by atoms with Crippen LogP contribution in [-0.2, 0) is 16.8 Å². The van der Waals surface area contributed by atoms with Crippen molar-refractivity contribution in [3.63, 3.8) is 0 Å². The highest BCUT2D eigenvalue weighted by atomic mass is 32.2. The Labute approximate surface area is 120 Å². The van der Waals surface area contributed by atoms with Gasteiger partial charge in [0.1, 0.15) is 0 Å². The molecule has 5 nitrogen and oxygen atoms in total. The lowest BCUT2D eigenvalue weighted by Crippen LogP contribution is -2.37. The summed E-state index contributed by atoms with van der Waals surface area (Å²) in [5.41, 5.74) is 1.74. The number of hydrogen-bond donors (Lipinski definition) is 2. The van der Waals surface area contributed by atoms with E-state index >= 15 is 0 Å². The lowest BCUT2D eigenvalue weighted by molar-refractivity contribution is 0.305. The Hall–Kier alpha value is -1.39. The molecule has 6 heteroatoms. The first kappa shape index (κ1) is 16.7. The maximum absolute atomic E-state index is 11.7. The van der Waals surface area contributed by atoms with E-state index in [1.165, 1.54) is 11.4 Å². The molecule has 0 unspecified atom stereocenters. The van der Waals surface area contributed by atoms with Crippen molar-refractivity contribution in [1.29, 1.82) is 0 Å². The molecule has 0 aromatic heterocycles. The second kappa shape index (κ2) is 8.02. The average molecular weight is 296 g/mol. The van der Waals surface area contributed by atoms with E-state index in [4.69, 9.17) is 5.11 Å². The van der Waals surface area contributed by atoms with Gasteiger partial charge in [-0.2, -0.15) is 12.7 Å². The summed E-state index contributed by atoms with van der Waals surface area (Å²) in [6, 6.07) is 7.38. The van der Waals surface area contributed by atoms with E-state index in [2.05, 4.69) is 16.6 Å². The molecular weight excluding hydrogens is 276 g/mol. The van der Waals surface area contributed by atoms with Crippen molar-refractivity contribution in [3.05, 3.63) is 35.4 Å². The zero-order chi connectivity index (χ0) is 15.0. The van der Waals surface area contributed by atoms with Crippen LogP contribution in [0.1, 0.15) is 24.5 Å². The van der Waals surface area contributed by atoms with Gasteiger partial charge in [-0.05, 0) is 17.7 Å². The standard InChI is InChI=1S/C14H20N2O3S/c1-3-15-20(18,19)16(2)12-14-9-7-13(8-10-14)6-4-5-11-17/h7-10,15,17H,3,5,11-12H2,1-2H3. The van der Waals surface area contributed by atoms with Crippen LogP contribution in [0.3, 0.4) is 0 Å². The van der Waals surface area contributed by atoms with Crippen LogP contribution in [0.5, 0.6) is 0 Å². The van der Waals surface area contributed by atoms with Gasteiger partial charge in [-0.25, -0.2) is 4.72 Å². The van der Waals surface area contributed by atoms with Gasteiger partial charge in [0.05, 0.1) is 6.61 Å². The maximum atomic E-state index is 11.7. The Kier molecular flexibility index (Phi) is 6.68. The Bertz CT molecular complexity index is 571. The minimum absolute atomic E-state index is 0.0537. The number of nitrogens with one attached hydrogen (secondary N) is 1. The van der Waals surface area contributed by atoms with E-state index < -0.39 is 10.2 Å². The van der Waals surface area contributed by atoms with Crippen molar-refractivity contribution < 1.29 is 13.5 Å². The van der Waals surface area contributed by atoms with Crippen LogP contribution in [0.4, 0.5) is 0 Å². The molecule has 0 radical (unpaired) electrons. The first-order chi connectivity index (χ1) is 9.49. The van der Waals surface area contributed by atoms with Gasteiger partial charge in [-0.1, -0.05) is 30.9 Å². The summed E-state index contributed by atoms with van der Waals surface area (Å²) in [5, 5.41) is 8.64. The van der Waals surface area contributed by atoms with E-state index in [0.717, 1.165) is 11.1 Å². The number of aliphatic hydroxyl groups is 1. The molecule has 0 atom stereocenters. The number of aliphatic hydroxyl groups excluding tert-OH is 1. The predicted octanol–water partition coefficient (Wildman–Crippen LogP) is 0.707. The summed E-state index contributed by atoms with van der Waals surface area (Å²) >= 11 is 0. The van der Waals surface area contributed by atoms with Crippen LogP contribution in [0.25, 0.3) is 0 Å². The first-order valence-electron chi connectivity index (χ1n) is 6.39. The van der Waals surface area contributed by atoms with Crippen molar-refractivity contribution in [2.24, 2.45) is 0 Å². The molecule has 0 spiro atoms. The first-order valence-corrected chi connectivity index (χ1v) is 7.83. The maximum Gasteiger partial charge on any atom is 0.279 e. The molecule has 1 rings (SSSR count). The zero-order valence-electron chi connectivity index (χ0n) is 11.8. The van der Waals surface area contributed by atoms with Crippen LogP contribution >= 0.6 is 0 Å². The average Bonchev–Trinajstić information content (AvgIpc) is 2.41. The van der Waals surface area contributed by atoms with Gasteiger partial charge in [-0.3, -0.25) is 0 Å². The van der Waals surface area contributed by atoms with Gasteiger partial charge in [0.2, 0.25) is 0 Å². The van der Waals surface area contributed by atoms with Gasteiger partial charge in [0.25, 0.3) is 10.2 Å². The van der Waals surface area contributed by atoms with E-state index in [0.29, 0.717) is 19.5 Å². The summed E-state index contributed by atoms with van der Waals surface area (Å²) in [5.74, 6) is 5.76. The summed E-state index contributed by atoms with van der Waals surface area (Å²) in [4.78, 5) is 0. The highest BCUT2D eigenvalue weighted by molar-refractivity contribution is 7.87. The Morgan fingerprint density at radius 3 is 2.50 bits per heavy atom. The zero-order valence-corrected chi connectivity index (χ0v) is 12.6.